The minimum atomic E-state index is -3.77. The van der Waals surface area contributed by atoms with Crippen LogP contribution in [-0.2, 0) is 15.4 Å². The average Bonchev–Trinajstić information content (AvgIpc) is 2.91. The number of imidazole rings is 1. The molecule has 1 fully saturated rings. The van der Waals surface area contributed by atoms with Gasteiger partial charge in [0.25, 0.3) is 10.0 Å². The number of pyridine rings is 1. The summed E-state index contributed by atoms with van der Waals surface area (Å²) in [6, 6.07) is 15.4. The lowest BCUT2D eigenvalue weighted by atomic mass is 9.64. The largest absolute Gasteiger partial charge is 0.288 e. The number of benzene rings is 1. The van der Waals surface area contributed by atoms with E-state index in [-0.39, 0.29) is 15.6 Å². The number of fused-ring (bicyclic) bond motifs is 1. The van der Waals surface area contributed by atoms with Crippen LogP contribution in [0.2, 0.25) is 5.15 Å². The SMILES string of the molecule is O=S(=O)(NCC1(c2ccccc2)CCC1)c1c(Cl)nc2ccccn12. The zero-order valence-electron chi connectivity index (χ0n) is 13.5. The molecular formula is C18H18ClN3O2S. The maximum atomic E-state index is 12.9. The number of nitrogens with zero attached hydrogens (tertiary/aromatic N) is 2. The van der Waals surface area contributed by atoms with Crippen molar-refractivity contribution in [2.24, 2.45) is 0 Å². The van der Waals surface area contributed by atoms with E-state index in [9.17, 15) is 8.42 Å². The monoisotopic (exact) mass is 375 g/mol. The van der Waals surface area contributed by atoms with Crippen LogP contribution in [0, 0.1) is 0 Å². The first-order valence-electron chi connectivity index (χ1n) is 8.20. The van der Waals surface area contributed by atoms with E-state index >= 15 is 0 Å². The third-order valence-corrected chi connectivity index (χ3v) is 6.80. The molecule has 1 aliphatic rings. The highest BCUT2D eigenvalue weighted by molar-refractivity contribution is 7.89. The van der Waals surface area contributed by atoms with E-state index < -0.39 is 10.0 Å². The number of rotatable bonds is 5. The molecule has 0 radical (unpaired) electrons. The molecule has 3 aromatic rings. The molecule has 0 saturated heterocycles. The van der Waals surface area contributed by atoms with Gasteiger partial charge in [-0.15, -0.1) is 0 Å². The van der Waals surface area contributed by atoms with E-state index in [1.54, 1.807) is 24.4 Å². The topological polar surface area (TPSA) is 63.5 Å². The normalized spacial score (nSPS) is 16.7. The number of halogens is 1. The Balaban J connectivity index is 1.65. The number of aromatic nitrogens is 2. The second-order valence-electron chi connectivity index (χ2n) is 6.46. The molecule has 1 aromatic carbocycles. The summed E-state index contributed by atoms with van der Waals surface area (Å²) in [5.41, 5.74) is 1.55. The third-order valence-electron chi connectivity index (χ3n) is 5.00. The summed E-state index contributed by atoms with van der Waals surface area (Å²) >= 11 is 6.12. The molecule has 2 heterocycles. The first-order valence-corrected chi connectivity index (χ1v) is 10.1. The number of hydrogen-bond acceptors (Lipinski definition) is 3. The molecular weight excluding hydrogens is 358 g/mol. The quantitative estimate of drug-likeness (QED) is 0.743. The molecule has 4 rings (SSSR count). The molecule has 7 heteroatoms. The molecule has 0 amide bonds. The first-order chi connectivity index (χ1) is 12.0. The van der Waals surface area contributed by atoms with Crippen molar-refractivity contribution < 1.29 is 8.42 Å². The average molecular weight is 376 g/mol. The number of sulfonamides is 1. The molecule has 2 aromatic heterocycles. The highest BCUT2D eigenvalue weighted by Gasteiger charge is 2.40. The van der Waals surface area contributed by atoms with Gasteiger partial charge in [-0.05, 0) is 30.5 Å². The summed E-state index contributed by atoms with van der Waals surface area (Å²) in [7, 11) is -3.77. The van der Waals surface area contributed by atoms with E-state index in [4.69, 9.17) is 11.6 Å². The highest BCUT2D eigenvalue weighted by Crippen LogP contribution is 2.43. The van der Waals surface area contributed by atoms with Gasteiger partial charge < -0.3 is 0 Å². The Kier molecular flexibility index (Phi) is 4.06. The fourth-order valence-corrected chi connectivity index (χ4v) is 5.22. The molecule has 130 valence electrons. The Morgan fingerprint density at radius 1 is 1.12 bits per heavy atom. The maximum absolute atomic E-state index is 12.9. The van der Waals surface area contributed by atoms with Crippen LogP contribution in [0.15, 0.2) is 59.8 Å². The zero-order chi connectivity index (χ0) is 17.5. The Morgan fingerprint density at radius 2 is 1.84 bits per heavy atom. The maximum Gasteiger partial charge on any atom is 0.259 e. The summed E-state index contributed by atoms with van der Waals surface area (Å²) < 4.78 is 30.0. The second kappa shape index (κ2) is 6.12. The molecule has 0 aliphatic heterocycles. The van der Waals surface area contributed by atoms with Crippen molar-refractivity contribution >= 4 is 27.3 Å². The van der Waals surface area contributed by atoms with E-state index in [0.717, 1.165) is 19.3 Å². The summed E-state index contributed by atoms with van der Waals surface area (Å²) in [6.07, 6.45) is 4.70. The van der Waals surface area contributed by atoms with Gasteiger partial charge in [0.1, 0.15) is 5.65 Å². The van der Waals surface area contributed by atoms with Crippen LogP contribution in [0.1, 0.15) is 24.8 Å². The lowest BCUT2D eigenvalue weighted by Crippen LogP contribution is -2.45. The van der Waals surface area contributed by atoms with E-state index in [2.05, 4.69) is 21.8 Å². The molecule has 5 nitrogen and oxygen atoms in total. The van der Waals surface area contributed by atoms with Crippen molar-refractivity contribution in [3.05, 3.63) is 65.4 Å². The van der Waals surface area contributed by atoms with Crippen molar-refractivity contribution in [3.8, 4) is 0 Å². The van der Waals surface area contributed by atoms with Crippen molar-refractivity contribution in [1.82, 2.24) is 14.1 Å². The van der Waals surface area contributed by atoms with Gasteiger partial charge in [0, 0.05) is 18.2 Å². The molecule has 0 bridgehead atoms. The number of hydrogen-bond donors (Lipinski definition) is 1. The van der Waals surface area contributed by atoms with E-state index in [1.807, 2.05) is 18.2 Å². The van der Waals surface area contributed by atoms with Gasteiger partial charge in [0.15, 0.2) is 10.2 Å². The molecule has 25 heavy (non-hydrogen) atoms. The number of nitrogens with one attached hydrogen (secondary N) is 1. The molecule has 0 atom stereocenters. The summed E-state index contributed by atoms with van der Waals surface area (Å²) in [4.78, 5) is 4.13. The van der Waals surface area contributed by atoms with Crippen molar-refractivity contribution in [1.29, 1.82) is 0 Å². The Labute approximate surface area is 151 Å². The molecule has 0 unspecified atom stereocenters. The molecule has 1 N–H and O–H groups in total. The predicted octanol–water partition coefficient (Wildman–Crippen LogP) is 3.39. The smallest absolute Gasteiger partial charge is 0.259 e. The fourth-order valence-electron chi connectivity index (χ4n) is 3.45. The van der Waals surface area contributed by atoms with Crippen LogP contribution < -0.4 is 4.72 Å². The fraction of sp³-hybridized carbons (Fsp3) is 0.278. The Hall–Kier alpha value is -1.89. The molecule has 1 aliphatic carbocycles. The van der Waals surface area contributed by atoms with Crippen LogP contribution in [0.25, 0.3) is 5.65 Å². The summed E-state index contributed by atoms with van der Waals surface area (Å²) in [6.45, 7) is 0.357. The van der Waals surface area contributed by atoms with Crippen LogP contribution in [-0.4, -0.2) is 24.3 Å². The van der Waals surface area contributed by atoms with Crippen molar-refractivity contribution in [2.75, 3.05) is 6.54 Å². The molecule has 1 saturated carbocycles. The lowest BCUT2D eigenvalue weighted by molar-refractivity contribution is 0.245. The van der Waals surface area contributed by atoms with Crippen LogP contribution in [0.5, 0.6) is 0 Å². The van der Waals surface area contributed by atoms with E-state index in [1.165, 1.54) is 9.96 Å². The Bertz CT molecular complexity index is 1010. The second-order valence-corrected chi connectivity index (χ2v) is 8.50. The van der Waals surface area contributed by atoms with Crippen molar-refractivity contribution in [3.63, 3.8) is 0 Å². The van der Waals surface area contributed by atoms with E-state index in [0.29, 0.717) is 12.2 Å². The third kappa shape index (κ3) is 2.84. The minimum Gasteiger partial charge on any atom is -0.288 e. The summed E-state index contributed by atoms with van der Waals surface area (Å²) in [5, 5.41) is -0.0200. The highest BCUT2D eigenvalue weighted by atomic mass is 35.5. The van der Waals surface area contributed by atoms with Gasteiger partial charge in [-0.1, -0.05) is 54.4 Å². The van der Waals surface area contributed by atoms with Crippen LogP contribution >= 0.6 is 11.6 Å². The Morgan fingerprint density at radius 3 is 2.52 bits per heavy atom. The standard InChI is InChI=1S/C18H18ClN3O2S/c19-16-17(22-12-5-4-9-15(22)21-16)25(23,24)20-13-18(10-6-11-18)14-7-2-1-3-8-14/h1-5,7-9,12,20H,6,10-11,13H2. The van der Waals surface area contributed by atoms with Gasteiger partial charge >= 0.3 is 0 Å². The minimum absolute atomic E-state index is 0.00713. The van der Waals surface area contributed by atoms with Gasteiger partial charge in [-0.25, -0.2) is 18.1 Å². The van der Waals surface area contributed by atoms with Crippen LogP contribution in [0.3, 0.4) is 0 Å². The van der Waals surface area contributed by atoms with Gasteiger partial charge in [0.2, 0.25) is 0 Å². The molecule has 0 spiro atoms. The predicted molar refractivity (Wildman–Crippen MR) is 97.4 cm³/mol. The van der Waals surface area contributed by atoms with Gasteiger partial charge in [-0.3, -0.25) is 4.40 Å². The zero-order valence-corrected chi connectivity index (χ0v) is 15.1. The van der Waals surface area contributed by atoms with Gasteiger partial charge in [-0.2, -0.15) is 0 Å². The lowest BCUT2D eigenvalue weighted by Gasteiger charge is -2.42. The summed E-state index contributed by atoms with van der Waals surface area (Å²) in [5.74, 6) is 0. The van der Waals surface area contributed by atoms with Crippen LogP contribution in [0.4, 0.5) is 0 Å². The van der Waals surface area contributed by atoms with Crippen molar-refractivity contribution in [2.45, 2.75) is 29.7 Å². The van der Waals surface area contributed by atoms with Gasteiger partial charge in [0.05, 0.1) is 0 Å². The first kappa shape index (κ1) is 16.6.